The third-order valence-corrected chi connectivity index (χ3v) is 4.19. The standard InChI is InChI=1S/C17H25N5/c1-3-19-17-11-15(14-5-4-9-18-10-8-14)21-22(17)16-7-6-13(2)12-20-16/h6-7,11-12,14,18-19H,3-5,8-10H2,1-2H3. The summed E-state index contributed by atoms with van der Waals surface area (Å²) in [5.41, 5.74) is 2.35. The Morgan fingerprint density at radius 2 is 2.23 bits per heavy atom. The molecule has 118 valence electrons. The highest BCUT2D eigenvalue weighted by Gasteiger charge is 2.19. The van der Waals surface area contributed by atoms with Gasteiger partial charge in [0, 0.05) is 24.7 Å². The Morgan fingerprint density at radius 3 is 3.00 bits per heavy atom. The largest absolute Gasteiger partial charge is 0.370 e. The summed E-state index contributed by atoms with van der Waals surface area (Å²) in [5, 5.41) is 11.7. The molecule has 5 nitrogen and oxygen atoms in total. The number of nitrogens with one attached hydrogen (secondary N) is 2. The Bertz CT molecular complexity index is 594. The molecule has 1 aliphatic heterocycles. The first kappa shape index (κ1) is 15.0. The molecule has 0 aliphatic carbocycles. The van der Waals surface area contributed by atoms with Crippen molar-refractivity contribution in [2.24, 2.45) is 0 Å². The van der Waals surface area contributed by atoms with Crippen LogP contribution in [0.25, 0.3) is 5.82 Å². The van der Waals surface area contributed by atoms with E-state index in [1.54, 1.807) is 0 Å². The fourth-order valence-electron chi connectivity index (χ4n) is 2.98. The topological polar surface area (TPSA) is 54.8 Å². The van der Waals surface area contributed by atoms with Crippen LogP contribution in [0.4, 0.5) is 5.82 Å². The molecular formula is C17H25N5. The zero-order valence-electron chi connectivity index (χ0n) is 13.5. The van der Waals surface area contributed by atoms with Crippen LogP contribution in [0.5, 0.6) is 0 Å². The molecule has 2 aromatic rings. The van der Waals surface area contributed by atoms with Crippen LogP contribution in [-0.2, 0) is 0 Å². The second-order valence-electron chi connectivity index (χ2n) is 5.97. The van der Waals surface area contributed by atoms with Crippen molar-refractivity contribution in [3.8, 4) is 5.82 Å². The Morgan fingerprint density at radius 1 is 1.32 bits per heavy atom. The van der Waals surface area contributed by atoms with Crippen LogP contribution in [0.15, 0.2) is 24.4 Å². The van der Waals surface area contributed by atoms with Crippen molar-refractivity contribution in [3.05, 3.63) is 35.7 Å². The van der Waals surface area contributed by atoms with Gasteiger partial charge in [-0.25, -0.2) is 4.98 Å². The summed E-state index contributed by atoms with van der Waals surface area (Å²) >= 11 is 0. The zero-order valence-corrected chi connectivity index (χ0v) is 13.5. The van der Waals surface area contributed by atoms with Gasteiger partial charge in [0.15, 0.2) is 5.82 Å². The van der Waals surface area contributed by atoms with Crippen LogP contribution in [-0.4, -0.2) is 34.4 Å². The lowest BCUT2D eigenvalue weighted by Gasteiger charge is -2.09. The second kappa shape index (κ2) is 6.92. The van der Waals surface area contributed by atoms with Gasteiger partial charge in [0.1, 0.15) is 5.82 Å². The predicted molar refractivity (Wildman–Crippen MR) is 89.7 cm³/mol. The van der Waals surface area contributed by atoms with Crippen molar-refractivity contribution in [1.29, 1.82) is 0 Å². The molecule has 1 saturated heterocycles. The summed E-state index contributed by atoms with van der Waals surface area (Å²) in [6.07, 6.45) is 5.47. The molecule has 3 heterocycles. The number of anilines is 1. The summed E-state index contributed by atoms with van der Waals surface area (Å²) < 4.78 is 1.94. The second-order valence-corrected chi connectivity index (χ2v) is 5.97. The van der Waals surface area contributed by atoms with Gasteiger partial charge in [-0.15, -0.1) is 0 Å². The molecule has 22 heavy (non-hydrogen) atoms. The third kappa shape index (κ3) is 3.30. The van der Waals surface area contributed by atoms with E-state index in [1.807, 2.05) is 16.9 Å². The van der Waals surface area contributed by atoms with E-state index in [-0.39, 0.29) is 0 Å². The number of pyridine rings is 1. The average molecular weight is 299 g/mol. The SMILES string of the molecule is CCNc1cc(C2CCCNCC2)nn1-c1ccc(C)cn1. The van der Waals surface area contributed by atoms with Crippen LogP contribution < -0.4 is 10.6 Å². The number of hydrogen-bond donors (Lipinski definition) is 2. The first-order valence-electron chi connectivity index (χ1n) is 8.25. The summed E-state index contributed by atoms with van der Waals surface area (Å²) in [5.74, 6) is 2.45. The lowest BCUT2D eigenvalue weighted by molar-refractivity contribution is 0.585. The lowest BCUT2D eigenvalue weighted by atomic mass is 9.97. The molecule has 0 bridgehead atoms. The van der Waals surface area contributed by atoms with Crippen molar-refractivity contribution in [3.63, 3.8) is 0 Å². The number of rotatable bonds is 4. The van der Waals surface area contributed by atoms with Crippen molar-refractivity contribution in [1.82, 2.24) is 20.1 Å². The van der Waals surface area contributed by atoms with Gasteiger partial charge in [-0.1, -0.05) is 6.07 Å². The molecule has 0 spiro atoms. The molecule has 2 N–H and O–H groups in total. The van der Waals surface area contributed by atoms with Crippen molar-refractivity contribution < 1.29 is 0 Å². The maximum Gasteiger partial charge on any atom is 0.155 e. The van der Waals surface area contributed by atoms with Gasteiger partial charge >= 0.3 is 0 Å². The van der Waals surface area contributed by atoms with Gasteiger partial charge in [0.25, 0.3) is 0 Å². The van der Waals surface area contributed by atoms with Crippen LogP contribution in [0, 0.1) is 6.92 Å². The first-order chi connectivity index (χ1) is 10.8. The van der Waals surface area contributed by atoms with Crippen molar-refractivity contribution in [2.45, 2.75) is 39.0 Å². The molecule has 1 fully saturated rings. The molecule has 0 amide bonds. The number of nitrogens with zero attached hydrogens (tertiary/aromatic N) is 3. The minimum atomic E-state index is 0.541. The molecule has 0 aromatic carbocycles. The molecule has 3 rings (SSSR count). The number of aromatic nitrogens is 3. The van der Waals surface area contributed by atoms with Crippen LogP contribution in [0.3, 0.4) is 0 Å². The molecule has 1 atom stereocenters. The smallest absolute Gasteiger partial charge is 0.155 e. The predicted octanol–water partition coefficient (Wildman–Crippen LogP) is 2.86. The van der Waals surface area contributed by atoms with E-state index in [2.05, 4.69) is 41.6 Å². The van der Waals surface area contributed by atoms with Crippen LogP contribution in [0.2, 0.25) is 0 Å². The summed E-state index contributed by atoms with van der Waals surface area (Å²) in [7, 11) is 0. The Balaban J connectivity index is 1.92. The quantitative estimate of drug-likeness (QED) is 0.911. The molecule has 1 unspecified atom stereocenters. The Hall–Kier alpha value is -1.88. The highest BCUT2D eigenvalue weighted by atomic mass is 15.4. The highest BCUT2D eigenvalue weighted by molar-refractivity contribution is 5.44. The lowest BCUT2D eigenvalue weighted by Crippen LogP contribution is -2.14. The maximum absolute atomic E-state index is 4.86. The third-order valence-electron chi connectivity index (χ3n) is 4.19. The molecule has 0 saturated carbocycles. The normalized spacial score (nSPS) is 18.9. The minimum Gasteiger partial charge on any atom is -0.370 e. The van der Waals surface area contributed by atoms with Gasteiger partial charge < -0.3 is 10.6 Å². The van der Waals surface area contributed by atoms with Gasteiger partial charge in [-0.3, -0.25) is 0 Å². The Labute approximate surface area is 132 Å². The summed E-state index contributed by atoms with van der Waals surface area (Å²) in [6.45, 7) is 7.24. The minimum absolute atomic E-state index is 0.541. The molecule has 2 aromatic heterocycles. The van der Waals surface area contributed by atoms with E-state index in [0.29, 0.717) is 5.92 Å². The maximum atomic E-state index is 4.86. The van der Waals surface area contributed by atoms with E-state index in [0.717, 1.165) is 43.3 Å². The van der Waals surface area contributed by atoms with E-state index >= 15 is 0 Å². The monoisotopic (exact) mass is 299 g/mol. The molecular weight excluding hydrogens is 274 g/mol. The fourth-order valence-corrected chi connectivity index (χ4v) is 2.98. The van der Waals surface area contributed by atoms with Crippen molar-refractivity contribution >= 4 is 5.82 Å². The fraction of sp³-hybridized carbons (Fsp3) is 0.529. The molecule has 1 aliphatic rings. The van der Waals surface area contributed by atoms with Gasteiger partial charge in [-0.05, 0) is 57.8 Å². The van der Waals surface area contributed by atoms with E-state index in [1.165, 1.54) is 18.5 Å². The molecule has 0 radical (unpaired) electrons. The highest BCUT2D eigenvalue weighted by Crippen LogP contribution is 2.28. The molecule has 5 heteroatoms. The van der Waals surface area contributed by atoms with Crippen molar-refractivity contribution in [2.75, 3.05) is 25.0 Å². The number of hydrogen-bond acceptors (Lipinski definition) is 4. The van der Waals surface area contributed by atoms with Crippen LogP contribution >= 0.6 is 0 Å². The van der Waals surface area contributed by atoms with Gasteiger partial charge in [0.05, 0.1) is 5.69 Å². The zero-order chi connectivity index (χ0) is 15.4. The van der Waals surface area contributed by atoms with E-state index in [4.69, 9.17) is 5.10 Å². The van der Waals surface area contributed by atoms with E-state index < -0.39 is 0 Å². The summed E-state index contributed by atoms with van der Waals surface area (Å²) in [6, 6.07) is 6.30. The van der Waals surface area contributed by atoms with Gasteiger partial charge in [0.2, 0.25) is 0 Å². The van der Waals surface area contributed by atoms with Crippen LogP contribution in [0.1, 0.15) is 43.4 Å². The Kier molecular flexibility index (Phi) is 4.73. The average Bonchev–Trinajstić information content (AvgIpc) is 2.76. The number of aryl methyl sites for hydroxylation is 1. The van der Waals surface area contributed by atoms with E-state index in [9.17, 15) is 0 Å². The summed E-state index contributed by atoms with van der Waals surface area (Å²) in [4.78, 5) is 4.52. The van der Waals surface area contributed by atoms with Gasteiger partial charge in [-0.2, -0.15) is 9.78 Å². The first-order valence-corrected chi connectivity index (χ1v) is 8.25.